The molecule has 0 aliphatic rings. The number of hydrogen-bond acceptors (Lipinski definition) is 6. The summed E-state index contributed by atoms with van der Waals surface area (Å²) in [5.74, 6) is 7.57. The smallest absolute Gasteiger partial charge is 0.274 e. The second-order valence-corrected chi connectivity index (χ2v) is 5.16. The molecule has 0 unspecified atom stereocenters. The lowest BCUT2D eigenvalue weighted by Crippen LogP contribution is -2.29. The zero-order valence-corrected chi connectivity index (χ0v) is 12.9. The normalized spacial score (nSPS) is 10.7. The summed E-state index contributed by atoms with van der Waals surface area (Å²) in [4.78, 5) is 17.2. The van der Waals surface area contributed by atoms with Gasteiger partial charge in [-0.2, -0.15) is 11.8 Å². The molecule has 0 aliphatic heterocycles. The number of rotatable bonds is 9. The van der Waals surface area contributed by atoms with Gasteiger partial charge >= 0.3 is 0 Å². The van der Waals surface area contributed by atoms with E-state index in [2.05, 4.69) is 32.4 Å². The molecule has 21 heavy (non-hydrogen) atoms. The fraction of sp³-hybridized carbons (Fsp3) is 0.462. The molecule has 7 nitrogen and oxygen atoms in total. The van der Waals surface area contributed by atoms with Crippen LogP contribution >= 0.6 is 11.8 Å². The van der Waals surface area contributed by atoms with E-state index in [1.807, 2.05) is 6.92 Å². The third-order valence-electron chi connectivity index (χ3n) is 2.52. The van der Waals surface area contributed by atoms with Gasteiger partial charge in [0, 0.05) is 23.7 Å². The lowest BCUT2D eigenvalue weighted by molar-refractivity contribution is -0.404. The first-order chi connectivity index (χ1) is 10.1. The van der Waals surface area contributed by atoms with Crippen molar-refractivity contribution in [3.05, 3.63) is 39.9 Å². The maximum Gasteiger partial charge on any atom is 0.274 e. The first-order valence-electron chi connectivity index (χ1n) is 6.42. The predicted octanol–water partition coefficient (Wildman–Crippen LogP) is 1.23. The Morgan fingerprint density at radius 2 is 2.43 bits per heavy atom. The first kappa shape index (κ1) is 16.9. The van der Waals surface area contributed by atoms with Gasteiger partial charge in [0.15, 0.2) is 5.82 Å². The Morgan fingerprint density at radius 3 is 3.05 bits per heavy atom. The van der Waals surface area contributed by atoms with Gasteiger partial charge in [0.25, 0.3) is 6.20 Å². The van der Waals surface area contributed by atoms with Crippen LogP contribution in [0.25, 0.3) is 0 Å². The number of aryl methyl sites for hydroxylation is 1. The number of H-pyrrole nitrogens is 1. The highest BCUT2D eigenvalue weighted by atomic mass is 32.2. The Balaban J connectivity index is 2.27. The predicted molar refractivity (Wildman–Crippen MR) is 84.0 cm³/mol. The summed E-state index contributed by atoms with van der Waals surface area (Å²) in [6, 6.07) is 0. The van der Waals surface area contributed by atoms with Crippen molar-refractivity contribution in [3.8, 4) is 11.8 Å². The maximum atomic E-state index is 10.5. The summed E-state index contributed by atoms with van der Waals surface area (Å²) in [5.41, 5.74) is 2.11. The van der Waals surface area contributed by atoms with E-state index in [4.69, 9.17) is 0 Å². The van der Waals surface area contributed by atoms with Crippen LogP contribution < -0.4 is 10.6 Å². The van der Waals surface area contributed by atoms with E-state index >= 15 is 0 Å². The molecule has 1 aromatic rings. The van der Waals surface area contributed by atoms with E-state index in [9.17, 15) is 10.1 Å². The van der Waals surface area contributed by atoms with Gasteiger partial charge in [0.1, 0.15) is 0 Å². The van der Waals surface area contributed by atoms with Crippen molar-refractivity contribution in [1.29, 1.82) is 0 Å². The lowest BCUT2D eigenvalue weighted by Gasteiger charge is -2.09. The highest BCUT2D eigenvalue weighted by molar-refractivity contribution is 7.98. The minimum atomic E-state index is -0.490. The average Bonchev–Trinajstić information content (AvgIpc) is 2.83. The van der Waals surface area contributed by atoms with Crippen LogP contribution in [0.3, 0.4) is 0 Å². The van der Waals surface area contributed by atoms with Gasteiger partial charge < -0.3 is 15.6 Å². The van der Waals surface area contributed by atoms with Crippen molar-refractivity contribution in [3.63, 3.8) is 0 Å². The SMILES string of the molecule is CC#CCNC(=C[N+](=O)[O-])NCCSCc1[nH]cnc1C. The number of aromatic amines is 1. The molecule has 0 bridgehead atoms. The molecule has 8 heteroatoms. The van der Waals surface area contributed by atoms with Crippen molar-refractivity contribution in [1.82, 2.24) is 20.6 Å². The van der Waals surface area contributed by atoms with Crippen LogP contribution in [0.15, 0.2) is 18.3 Å². The van der Waals surface area contributed by atoms with Gasteiger partial charge in [0.05, 0.1) is 23.5 Å². The number of thioether (sulfide) groups is 1. The standard InChI is InChI=1S/C13H19N5O2S/c1-3-4-5-14-13(8-18(19)20)15-6-7-21-9-12-11(2)16-10-17-12/h8,10,14-15H,5-7,9H2,1-2H3,(H,16,17). The summed E-state index contributed by atoms with van der Waals surface area (Å²) < 4.78 is 0. The van der Waals surface area contributed by atoms with Crippen molar-refractivity contribution in [2.45, 2.75) is 19.6 Å². The monoisotopic (exact) mass is 309 g/mol. The Kier molecular flexibility index (Phi) is 7.82. The van der Waals surface area contributed by atoms with Crippen LogP contribution in [-0.2, 0) is 5.75 Å². The Labute approximate surface area is 128 Å². The summed E-state index contributed by atoms with van der Waals surface area (Å²) in [6.45, 7) is 4.69. The molecule has 0 aliphatic carbocycles. The van der Waals surface area contributed by atoms with Crippen LogP contribution in [0.5, 0.6) is 0 Å². The molecule has 3 N–H and O–H groups in total. The maximum absolute atomic E-state index is 10.5. The number of nitro groups is 1. The van der Waals surface area contributed by atoms with Crippen LogP contribution in [0.1, 0.15) is 18.3 Å². The topological polar surface area (TPSA) is 95.9 Å². The summed E-state index contributed by atoms with van der Waals surface area (Å²) in [6.07, 6.45) is 2.60. The number of nitrogens with zero attached hydrogens (tertiary/aromatic N) is 2. The summed E-state index contributed by atoms with van der Waals surface area (Å²) >= 11 is 1.73. The highest BCUT2D eigenvalue weighted by Gasteiger charge is 2.02. The minimum Gasteiger partial charge on any atom is -0.366 e. The number of imidazole rings is 1. The molecule has 0 aromatic carbocycles. The molecule has 1 aromatic heterocycles. The molecular formula is C13H19N5O2S. The molecule has 1 rings (SSSR count). The Morgan fingerprint density at radius 1 is 1.62 bits per heavy atom. The van der Waals surface area contributed by atoms with Crippen molar-refractivity contribution in [2.75, 3.05) is 18.8 Å². The second-order valence-electron chi connectivity index (χ2n) is 4.05. The third kappa shape index (κ3) is 7.27. The number of aromatic nitrogens is 2. The molecule has 0 atom stereocenters. The van der Waals surface area contributed by atoms with E-state index < -0.39 is 4.92 Å². The van der Waals surface area contributed by atoms with E-state index in [0.29, 0.717) is 18.9 Å². The molecule has 0 saturated carbocycles. The largest absolute Gasteiger partial charge is 0.366 e. The lowest BCUT2D eigenvalue weighted by atomic mass is 10.4. The fourth-order valence-corrected chi connectivity index (χ4v) is 2.34. The van der Waals surface area contributed by atoms with Crippen molar-refractivity contribution < 1.29 is 4.92 Å². The molecule has 114 valence electrons. The van der Waals surface area contributed by atoms with E-state index in [1.54, 1.807) is 25.0 Å². The summed E-state index contributed by atoms with van der Waals surface area (Å²) in [7, 11) is 0. The quantitative estimate of drug-likeness (QED) is 0.275. The third-order valence-corrected chi connectivity index (χ3v) is 3.51. The zero-order chi connectivity index (χ0) is 15.5. The highest BCUT2D eigenvalue weighted by Crippen LogP contribution is 2.11. The van der Waals surface area contributed by atoms with E-state index in [1.165, 1.54) is 0 Å². The van der Waals surface area contributed by atoms with Crippen LogP contribution in [0, 0.1) is 28.9 Å². The molecule has 0 saturated heterocycles. The van der Waals surface area contributed by atoms with Gasteiger partial charge in [-0.3, -0.25) is 10.1 Å². The Bertz CT molecular complexity index is 544. The first-order valence-corrected chi connectivity index (χ1v) is 7.58. The molecule has 0 amide bonds. The van der Waals surface area contributed by atoms with Crippen molar-refractivity contribution in [2.24, 2.45) is 0 Å². The van der Waals surface area contributed by atoms with Gasteiger partial charge in [0.2, 0.25) is 0 Å². The number of hydrogen-bond donors (Lipinski definition) is 3. The molecule has 1 heterocycles. The van der Waals surface area contributed by atoms with Gasteiger partial charge in [-0.1, -0.05) is 5.92 Å². The van der Waals surface area contributed by atoms with Crippen LogP contribution in [-0.4, -0.2) is 33.7 Å². The van der Waals surface area contributed by atoms with E-state index in [0.717, 1.165) is 29.1 Å². The van der Waals surface area contributed by atoms with E-state index in [-0.39, 0.29) is 0 Å². The molecule has 0 radical (unpaired) electrons. The average molecular weight is 309 g/mol. The molecule has 0 spiro atoms. The van der Waals surface area contributed by atoms with Crippen LogP contribution in [0.4, 0.5) is 0 Å². The minimum absolute atomic E-state index is 0.376. The van der Waals surface area contributed by atoms with Gasteiger partial charge in [-0.15, -0.1) is 5.92 Å². The van der Waals surface area contributed by atoms with Gasteiger partial charge in [-0.25, -0.2) is 4.98 Å². The second kappa shape index (κ2) is 9.72. The summed E-state index contributed by atoms with van der Waals surface area (Å²) in [5, 5.41) is 16.4. The van der Waals surface area contributed by atoms with Crippen molar-refractivity contribution >= 4 is 11.8 Å². The Hall–Kier alpha value is -2.14. The number of nitrogens with one attached hydrogen (secondary N) is 3. The van der Waals surface area contributed by atoms with Crippen LogP contribution in [0.2, 0.25) is 0 Å². The fourth-order valence-electron chi connectivity index (χ4n) is 1.45. The molecular weight excluding hydrogens is 290 g/mol. The molecule has 0 fully saturated rings. The van der Waals surface area contributed by atoms with Gasteiger partial charge in [-0.05, 0) is 13.8 Å². The zero-order valence-electron chi connectivity index (χ0n) is 12.1.